The van der Waals surface area contributed by atoms with Crippen LogP contribution in [-0.4, -0.2) is 45.7 Å². The van der Waals surface area contributed by atoms with Crippen LogP contribution in [0.3, 0.4) is 0 Å². The fraction of sp³-hybridized carbons (Fsp3) is 0.462. The minimum Gasteiger partial charge on any atom is -0.330 e. The molecule has 0 unspecified atom stereocenters. The van der Waals surface area contributed by atoms with Gasteiger partial charge in [0.1, 0.15) is 5.15 Å². The molecule has 0 spiro atoms. The van der Waals surface area contributed by atoms with E-state index in [-0.39, 0.29) is 6.04 Å². The van der Waals surface area contributed by atoms with Crippen molar-refractivity contribution in [1.29, 1.82) is 0 Å². The number of hydrogen-bond donors (Lipinski definition) is 0. The largest absolute Gasteiger partial charge is 0.330 e. The average molecular weight is 282 g/mol. The minimum atomic E-state index is -0.449. The number of carbonyl (C=O) groups excluding carboxylic acids is 2. The van der Waals surface area contributed by atoms with Crippen molar-refractivity contribution in [2.75, 3.05) is 13.1 Å². The Morgan fingerprint density at radius 1 is 1.26 bits per heavy atom. The van der Waals surface area contributed by atoms with Gasteiger partial charge in [-0.15, -0.1) is 0 Å². The number of rotatable bonds is 3. The number of carbonyl (C=O) groups is 2. The van der Waals surface area contributed by atoms with Crippen LogP contribution in [0.15, 0.2) is 18.3 Å². The van der Waals surface area contributed by atoms with Crippen molar-refractivity contribution < 1.29 is 9.59 Å². The maximum Gasteiger partial charge on any atom is 0.312 e. The molecule has 1 aliphatic heterocycles. The Kier molecular flexibility index (Phi) is 4.04. The van der Waals surface area contributed by atoms with E-state index in [4.69, 9.17) is 11.6 Å². The quantitative estimate of drug-likeness (QED) is 0.620. The summed E-state index contributed by atoms with van der Waals surface area (Å²) in [6, 6.07) is 3.53. The summed E-state index contributed by atoms with van der Waals surface area (Å²) in [4.78, 5) is 31.0. The molecule has 0 aromatic carbocycles. The topological polar surface area (TPSA) is 53.5 Å². The highest BCUT2D eigenvalue weighted by atomic mass is 35.5. The fourth-order valence-electron chi connectivity index (χ4n) is 2.05. The second-order valence-corrected chi connectivity index (χ2v) is 5.20. The lowest BCUT2D eigenvalue weighted by atomic mass is 10.2. The Hall–Kier alpha value is -1.62. The van der Waals surface area contributed by atoms with Gasteiger partial charge in [0.05, 0.1) is 0 Å². The molecule has 1 fully saturated rings. The number of nitrogens with zero attached hydrogens (tertiary/aromatic N) is 3. The lowest BCUT2D eigenvalue weighted by molar-refractivity contribution is -0.157. The van der Waals surface area contributed by atoms with Crippen LogP contribution in [0.1, 0.15) is 19.4 Å². The molecule has 5 nitrogen and oxygen atoms in total. The molecular weight excluding hydrogens is 266 g/mol. The summed E-state index contributed by atoms with van der Waals surface area (Å²) in [5, 5.41) is 0.413. The summed E-state index contributed by atoms with van der Waals surface area (Å²) in [7, 11) is 0. The molecule has 19 heavy (non-hydrogen) atoms. The zero-order valence-electron chi connectivity index (χ0n) is 11.0. The standard InChI is InChI=1S/C13H16ClN3O2/c1-9(2)17-6-5-16(12(18)13(17)19)8-10-3-4-11(14)15-7-10/h3-4,7,9H,5-6,8H2,1-2H3. The Balaban J connectivity index is 2.05. The van der Waals surface area contributed by atoms with Gasteiger partial charge in [0.15, 0.2) is 0 Å². The summed E-state index contributed by atoms with van der Waals surface area (Å²) in [6.45, 7) is 5.32. The second kappa shape index (κ2) is 5.57. The third kappa shape index (κ3) is 3.04. The number of piperazine rings is 1. The second-order valence-electron chi connectivity index (χ2n) is 4.81. The van der Waals surface area contributed by atoms with Gasteiger partial charge in [-0.25, -0.2) is 4.98 Å². The van der Waals surface area contributed by atoms with Crippen LogP contribution in [0, 0.1) is 0 Å². The van der Waals surface area contributed by atoms with Crippen molar-refractivity contribution >= 4 is 23.4 Å². The van der Waals surface area contributed by atoms with Crippen molar-refractivity contribution in [3.05, 3.63) is 29.0 Å². The first-order chi connectivity index (χ1) is 8.99. The average Bonchev–Trinajstić information content (AvgIpc) is 2.37. The highest BCUT2D eigenvalue weighted by Crippen LogP contribution is 2.13. The van der Waals surface area contributed by atoms with Crippen molar-refractivity contribution in [3.8, 4) is 0 Å². The minimum absolute atomic E-state index is 0.0517. The number of amides is 2. The Morgan fingerprint density at radius 2 is 2.00 bits per heavy atom. The van der Waals surface area contributed by atoms with Gasteiger partial charge in [-0.2, -0.15) is 0 Å². The van der Waals surface area contributed by atoms with Gasteiger partial charge in [-0.05, 0) is 25.5 Å². The van der Waals surface area contributed by atoms with Crippen LogP contribution in [0.4, 0.5) is 0 Å². The summed E-state index contributed by atoms with van der Waals surface area (Å²) in [5.41, 5.74) is 0.864. The van der Waals surface area contributed by atoms with Crippen LogP contribution < -0.4 is 0 Å². The van der Waals surface area contributed by atoms with Gasteiger partial charge < -0.3 is 9.80 Å². The zero-order chi connectivity index (χ0) is 14.0. The van der Waals surface area contributed by atoms with E-state index in [2.05, 4.69) is 4.98 Å². The van der Waals surface area contributed by atoms with E-state index in [0.29, 0.717) is 24.8 Å². The molecule has 6 heteroatoms. The molecule has 0 N–H and O–H groups in total. The molecule has 1 saturated heterocycles. The van der Waals surface area contributed by atoms with Crippen LogP contribution in [-0.2, 0) is 16.1 Å². The maximum absolute atomic E-state index is 12.0. The number of hydrogen-bond acceptors (Lipinski definition) is 3. The van der Waals surface area contributed by atoms with Crippen molar-refractivity contribution in [3.63, 3.8) is 0 Å². The molecule has 102 valence electrons. The molecule has 2 rings (SSSR count). The number of halogens is 1. The van der Waals surface area contributed by atoms with E-state index >= 15 is 0 Å². The lowest BCUT2D eigenvalue weighted by Gasteiger charge is -2.35. The molecule has 1 aromatic rings. The van der Waals surface area contributed by atoms with E-state index in [0.717, 1.165) is 5.56 Å². The van der Waals surface area contributed by atoms with Gasteiger partial charge in [0.2, 0.25) is 0 Å². The summed E-state index contributed by atoms with van der Waals surface area (Å²) < 4.78 is 0. The highest BCUT2D eigenvalue weighted by molar-refractivity contribution is 6.35. The molecule has 0 radical (unpaired) electrons. The lowest BCUT2D eigenvalue weighted by Crippen LogP contribution is -2.55. The zero-order valence-corrected chi connectivity index (χ0v) is 11.7. The van der Waals surface area contributed by atoms with E-state index in [1.165, 1.54) is 0 Å². The van der Waals surface area contributed by atoms with E-state index in [1.807, 2.05) is 19.9 Å². The Morgan fingerprint density at radius 3 is 2.58 bits per heavy atom. The Labute approximate surface area is 117 Å². The first-order valence-electron chi connectivity index (χ1n) is 6.19. The van der Waals surface area contributed by atoms with Crippen molar-refractivity contribution in [1.82, 2.24) is 14.8 Å². The van der Waals surface area contributed by atoms with Crippen LogP contribution in [0.2, 0.25) is 5.15 Å². The summed E-state index contributed by atoms with van der Waals surface area (Å²) >= 11 is 5.71. The van der Waals surface area contributed by atoms with Gasteiger partial charge in [-0.1, -0.05) is 17.7 Å². The normalized spacial score (nSPS) is 16.4. The van der Waals surface area contributed by atoms with Crippen LogP contribution >= 0.6 is 11.6 Å². The maximum atomic E-state index is 12.0. The molecule has 0 atom stereocenters. The van der Waals surface area contributed by atoms with Crippen LogP contribution in [0.25, 0.3) is 0 Å². The number of aromatic nitrogens is 1. The predicted octanol–water partition coefficient (Wildman–Crippen LogP) is 1.31. The fourth-order valence-corrected chi connectivity index (χ4v) is 2.17. The third-order valence-electron chi connectivity index (χ3n) is 3.13. The van der Waals surface area contributed by atoms with E-state index in [1.54, 1.807) is 22.1 Å². The SMILES string of the molecule is CC(C)N1CCN(Cc2ccc(Cl)nc2)C(=O)C1=O. The molecule has 0 aliphatic carbocycles. The summed E-state index contributed by atoms with van der Waals surface area (Å²) in [6.07, 6.45) is 1.62. The Bertz CT molecular complexity index is 487. The predicted molar refractivity (Wildman–Crippen MR) is 71.5 cm³/mol. The molecule has 2 amide bonds. The third-order valence-corrected chi connectivity index (χ3v) is 3.35. The monoisotopic (exact) mass is 281 g/mol. The van der Waals surface area contributed by atoms with E-state index in [9.17, 15) is 9.59 Å². The van der Waals surface area contributed by atoms with Gasteiger partial charge in [0, 0.05) is 31.9 Å². The first-order valence-corrected chi connectivity index (χ1v) is 6.57. The van der Waals surface area contributed by atoms with Crippen molar-refractivity contribution in [2.24, 2.45) is 0 Å². The van der Waals surface area contributed by atoms with Gasteiger partial charge >= 0.3 is 11.8 Å². The molecule has 1 aromatic heterocycles. The molecule has 0 saturated carbocycles. The molecule has 2 heterocycles. The molecular formula is C13H16ClN3O2. The highest BCUT2D eigenvalue weighted by Gasteiger charge is 2.33. The first kappa shape index (κ1) is 13.8. The number of pyridine rings is 1. The van der Waals surface area contributed by atoms with E-state index < -0.39 is 11.8 Å². The smallest absolute Gasteiger partial charge is 0.312 e. The molecule has 1 aliphatic rings. The van der Waals surface area contributed by atoms with Crippen molar-refractivity contribution in [2.45, 2.75) is 26.4 Å². The summed E-state index contributed by atoms with van der Waals surface area (Å²) in [5.74, 6) is -0.877. The van der Waals surface area contributed by atoms with Gasteiger partial charge in [0.25, 0.3) is 0 Å². The molecule has 0 bridgehead atoms. The van der Waals surface area contributed by atoms with Crippen LogP contribution in [0.5, 0.6) is 0 Å². The van der Waals surface area contributed by atoms with Gasteiger partial charge in [-0.3, -0.25) is 9.59 Å².